The van der Waals surface area contributed by atoms with Crippen LogP contribution in [0.1, 0.15) is 0 Å². The Morgan fingerprint density at radius 3 is 2.27 bits per heavy atom. The summed E-state index contributed by atoms with van der Waals surface area (Å²) in [6, 6.07) is 0. The van der Waals surface area contributed by atoms with E-state index in [1.165, 1.54) is 0 Å². The number of carbonyl (C=O) groups excluding carboxylic acids is 2. The average Bonchev–Trinajstić information content (AvgIpc) is 1.94. The Balaban J connectivity index is 2.98. The fraction of sp³-hybridized carbons (Fsp3) is 0. The van der Waals surface area contributed by atoms with E-state index in [4.69, 9.17) is 5.11 Å². The number of rotatable bonds is 1. The van der Waals surface area contributed by atoms with E-state index in [1.807, 2.05) is 0 Å². The Bertz CT molecular complexity index is 296. The number of carboxylic acid groups (broad SMARTS) is 1. The van der Waals surface area contributed by atoms with Gasteiger partial charge in [0.05, 0.1) is 5.57 Å². The van der Waals surface area contributed by atoms with E-state index in [0.717, 1.165) is 18.2 Å². The van der Waals surface area contributed by atoms with Crippen molar-refractivity contribution in [1.29, 1.82) is 0 Å². The first-order valence-electron chi connectivity index (χ1n) is 2.82. The van der Waals surface area contributed by atoms with Gasteiger partial charge in [-0.3, -0.25) is 9.59 Å². The van der Waals surface area contributed by atoms with Crippen LogP contribution in [0, 0.1) is 0 Å². The predicted octanol–water partition coefficient (Wildman–Crippen LogP) is -0.295. The van der Waals surface area contributed by atoms with Crippen molar-refractivity contribution in [3.05, 3.63) is 23.8 Å². The van der Waals surface area contributed by atoms with Gasteiger partial charge in [0.25, 0.3) is 0 Å². The highest BCUT2D eigenvalue weighted by molar-refractivity contribution is 6.47. The molecule has 11 heavy (non-hydrogen) atoms. The molecule has 0 atom stereocenters. The Hall–Kier alpha value is -1.71. The minimum Gasteiger partial charge on any atom is -0.478 e. The number of allylic oxidation sites excluding steroid dienone is 2. The first kappa shape index (κ1) is 7.40. The highest BCUT2D eigenvalue weighted by Gasteiger charge is 2.16. The highest BCUT2D eigenvalue weighted by atomic mass is 16.4. The van der Waals surface area contributed by atoms with E-state index in [1.54, 1.807) is 0 Å². The molecular weight excluding hydrogens is 148 g/mol. The van der Waals surface area contributed by atoms with Gasteiger partial charge in [-0.05, 0) is 12.2 Å². The molecule has 0 saturated carbocycles. The van der Waals surface area contributed by atoms with E-state index in [2.05, 4.69) is 0 Å². The van der Waals surface area contributed by atoms with Crippen LogP contribution in [0.4, 0.5) is 0 Å². The molecule has 0 saturated heterocycles. The molecule has 0 fully saturated rings. The maximum absolute atomic E-state index is 10.6. The second-order valence-electron chi connectivity index (χ2n) is 1.97. The Morgan fingerprint density at radius 1 is 1.18 bits per heavy atom. The quantitative estimate of drug-likeness (QED) is 0.413. The molecule has 4 heteroatoms. The van der Waals surface area contributed by atoms with Gasteiger partial charge in [0.15, 0.2) is 0 Å². The van der Waals surface area contributed by atoms with E-state index < -0.39 is 17.5 Å². The van der Waals surface area contributed by atoms with E-state index in [9.17, 15) is 14.4 Å². The van der Waals surface area contributed by atoms with Crippen LogP contribution in [-0.2, 0) is 14.4 Å². The second kappa shape index (κ2) is 2.49. The molecule has 1 aliphatic rings. The third kappa shape index (κ3) is 1.40. The minimum atomic E-state index is -1.21. The fourth-order valence-electron chi connectivity index (χ4n) is 0.641. The minimum absolute atomic E-state index is 0.158. The van der Waals surface area contributed by atoms with Crippen molar-refractivity contribution in [3.63, 3.8) is 0 Å². The van der Waals surface area contributed by atoms with Crippen LogP contribution in [-0.4, -0.2) is 22.6 Å². The third-order valence-electron chi connectivity index (χ3n) is 1.19. The summed E-state index contributed by atoms with van der Waals surface area (Å²) < 4.78 is 0. The van der Waals surface area contributed by atoms with E-state index in [-0.39, 0.29) is 5.57 Å². The van der Waals surface area contributed by atoms with Crippen LogP contribution in [0.2, 0.25) is 0 Å². The molecule has 0 bridgehead atoms. The highest BCUT2D eigenvalue weighted by Crippen LogP contribution is 2.03. The molecule has 0 heterocycles. The third-order valence-corrected chi connectivity index (χ3v) is 1.19. The topological polar surface area (TPSA) is 71.4 Å². The van der Waals surface area contributed by atoms with Crippen molar-refractivity contribution in [2.24, 2.45) is 0 Å². The van der Waals surface area contributed by atoms with Gasteiger partial charge in [0.1, 0.15) is 0 Å². The molecule has 0 aromatic rings. The van der Waals surface area contributed by atoms with Crippen LogP contribution in [0.25, 0.3) is 0 Å². The second-order valence-corrected chi connectivity index (χ2v) is 1.97. The normalized spacial score (nSPS) is 16.5. The van der Waals surface area contributed by atoms with Crippen molar-refractivity contribution in [2.45, 2.75) is 0 Å². The van der Waals surface area contributed by atoms with Crippen LogP contribution < -0.4 is 0 Å². The van der Waals surface area contributed by atoms with Gasteiger partial charge >= 0.3 is 5.97 Å². The molecular formula is C7H4O4. The van der Waals surface area contributed by atoms with Crippen molar-refractivity contribution in [2.75, 3.05) is 0 Å². The summed E-state index contributed by atoms with van der Waals surface area (Å²) >= 11 is 0. The Labute approximate surface area is 61.8 Å². The molecule has 0 aromatic heterocycles. The van der Waals surface area contributed by atoms with Crippen molar-refractivity contribution < 1.29 is 19.5 Å². The van der Waals surface area contributed by atoms with Crippen LogP contribution in [0.5, 0.6) is 0 Å². The van der Waals surface area contributed by atoms with E-state index >= 15 is 0 Å². The lowest BCUT2D eigenvalue weighted by Gasteiger charge is -1.97. The molecule has 0 unspecified atom stereocenters. The molecule has 4 nitrogen and oxygen atoms in total. The number of carbonyl (C=O) groups is 3. The maximum Gasteiger partial charge on any atom is 0.335 e. The molecule has 1 N–H and O–H groups in total. The van der Waals surface area contributed by atoms with Gasteiger partial charge in [-0.2, -0.15) is 0 Å². The van der Waals surface area contributed by atoms with Crippen LogP contribution >= 0.6 is 0 Å². The SMILES string of the molecule is O=C(O)C1=CC(=O)C(=O)C=C1. The van der Waals surface area contributed by atoms with Crippen LogP contribution in [0.3, 0.4) is 0 Å². The molecule has 0 aromatic carbocycles. The number of aliphatic carboxylic acids is 1. The van der Waals surface area contributed by atoms with Crippen molar-refractivity contribution in [3.8, 4) is 0 Å². The van der Waals surface area contributed by atoms with Gasteiger partial charge in [-0.15, -0.1) is 0 Å². The first-order chi connectivity index (χ1) is 5.11. The van der Waals surface area contributed by atoms with E-state index in [0.29, 0.717) is 0 Å². The molecule has 0 aliphatic heterocycles. The van der Waals surface area contributed by atoms with Gasteiger partial charge in [0, 0.05) is 6.08 Å². The zero-order valence-corrected chi connectivity index (χ0v) is 5.40. The van der Waals surface area contributed by atoms with Crippen LogP contribution in [0.15, 0.2) is 23.8 Å². The lowest BCUT2D eigenvalue weighted by atomic mass is 10.1. The fourth-order valence-corrected chi connectivity index (χ4v) is 0.641. The summed E-state index contributed by atoms with van der Waals surface area (Å²) in [4.78, 5) is 31.3. The van der Waals surface area contributed by atoms with Gasteiger partial charge in [-0.1, -0.05) is 0 Å². The van der Waals surface area contributed by atoms with Crippen molar-refractivity contribution in [1.82, 2.24) is 0 Å². The maximum atomic E-state index is 10.6. The number of ketones is 2. The molecule has 56 valence electrons. The summed E-state index contributed by atoms with van der Waals surface area (Å²) in [6.07, 6.45) is 2.86. The summed E-state index contributed by atoms with van der Waals surface area (Å²) in [5, 5.41) is 8.36. The van der Waals surface area contributed by atoms with Gasteiger partial charge < -0.3 is 5.11 Å². The van der Waals surface area contributed by atoms with Gasteiger partial charge in [0.2, 0.25) is 11.6 Å². The number of carboxylic acids is 1. The number of hydrogen-bond donors (Lipinski definition) is 1. The molecule has 1 aliphatic carbocycles. The number of hydrogen-bond acceptors (Lipinski definition) is 3. The lowest BCUT2D eigenvalue weighted by molar-refractivity contribution is -0.133. The zero-order valence-electron chi connectivity index (χ0n) is 5.40. The summed E-state index contributed by atoms with van der Waals surface area (Å²) in [5.74, 6) is -2.68. The molecule has 0 amide bonds. The summed E-state index contributed by atoms with van der Waals surface area (Å²) in [7, 11) is 0. The Morgan fingerprint density at radius 2 is 1.82 bits per heavy atom. The van der Waals surface area contributed by atoms with Crippen molar-refractivity contribution >= 4 is 17.5 Å². The standard InChI is InChI=1S/C7H4O4/c8-5-2-1-4(7(10)11)3-6(5)9/h1-3H,(H,10,11). The zero-order chi connectivity index (χ0) is 8.43. The summed E-state index contributed by atoms with van der Waals surface area (Å²) in [6.45, 7) is 0. The molecule has 0 radical (unpaired) electrons. The molecule has 1 rings (SSSR count). The first-order valence-corrected chi connectivity index (χ1v) is 2.82. The monoisotopic (exact) mass is 152 g/mol. The van der Waals surface area contributed by atoms with Gasteiger partial charge in [-0.25, -0.2) is 4.79 Å². The Kier molecular flexibility index (Phi) is 1.68. The average molecular weight is 152 g/mol. The molecule has 0 spiro atoms. The predicted molar refractivity (Wildman–Crippen MR) is 34.9 cm³/mol. The lowest BCUT2D eigenvalue weighted by Crippen LogP contribution is -2.14. The smallest absolute Gasteiger partial charge is 0.335 e. The largest absolute Gasteiger partial charge is 0.478 e. The summed E-state index contributed by atoms with van der Waals surface area (Å²) in [5.41, 5.74) is -0.158.